The van der Waals surface area contributed by atoms with E-state index in [-0.39, 0.29) is 24.0 Å². The molecule has 4 nitrogen and oxygen atoms in total. The summed E-state index contributed by atoms with van der Waals surface area (Å²) in [7, 11) is 1.87. The first-order valence-corrected chi connectivity index (χ1v) is 10.0. The van der Waals surface area contributed by atoms with Crippen LogP contribution < -0.4 is 10.6 Å². The highest BCUT2D eigenvalue weighted by molar-refractivity contribution is 14.0. The first-order chi connectivity index (χ1) is 12.6. The molecule has 2 fully saturated rings. The highest BCUT2D eigenvalue weighted by Gasteiger charge is 2.39. The third-order valence-corrected chi connectivity index (χ3v) is 5.68. The van der Waals surface area contributed by atoms with Gasteiger partial charge in [-0.15, -0.1) is 30.6 Å². The fourth-order valence-corrected chi connectivity index (χ4v) is 3.83. The number of hydrogen-bond acceptors (Lipinski definition) is 2. The summed E-state index contributed by atoms with van der Waals surface area (Å²) in [4.78, 5) is 6.91. The second-order valence-electron chi connectivity index (χ2n) is 7.99. The smallest absolute Gasteiger partial charge is 0.191 e. The molecule has 2 unspecified atom stereocenters. The molecule has 0 bridgehead atoms. The topological polar surface area (TPSA) is 39.7 Å². The third-order valence-electron chi connectivity index (χ3n) is 5.68. The molecule has 1 aliphatic carbocycles. The van der Waals surface area contributed by atoms with Gasteiger partial charge in [0.2, 0.25) is 0 Å². The summed E-state index contributed by atoms with van der Waals surface area (Å²) in [6, 6.07) is 10.2. The molecule has 1 aromatic rings. The van der Waals surface area contributed by atoms with E-state index in [9.17, 15) is 0 Å². The number of guanidine groups is 1. The van der Waals surface area contributed by atoms with Gasteiger partial charge in [-0.2, -0.15) is 0 Å². The SMILES string of the molecule is C=CCN1CCC(NC(=NC)NC2CC2c2ccc(C(C)C)cc2)CC1.I. The molecule has 2 N–H and O–H groups in total. The Balaban J connectivity index is 0.00000261. The molecule has 1 saturated heterocycles. The Morgan fingerprint density at radius 3 is 2.44 bits per heavy atom. The fraction of sp³-hybridized carbons (Fsp3) is 0.591. The Morgan fingerprint density at radius 2 is 1.89 bits per heavy atom. The van der Waals surface area contributed by atoms with Gasteiger partial charge < -0.3 is 10.6 Å². The van der Waals surface area contributed by atoms with Crippen LogP contribution in [0.5, 0.6) is 0 Å². The summed E-state index contributed by atoms with van der Waals surface area (Å²) in [5, 5.41) is 7.24. The van der Waals surface area contributed by atoms with Gasteiger partial charge >= 0.3 is 0 Å². The van der Waals surface area contributed by atoms with Gasteiger partial charge in [-0.1, -0.05) is 44.2 Å². The van der Waals surface area contributed by atoms with Crippen LogP contribution in [-0.4, -0.2) is 49.6 Å². The van der Waals surface area contributed by atoms with Crippen LogP contribution in [0, 0.1) is 0 Å². The van der Waals surface area contributed by atoms with Crippen LogP contribution in [0.2, 0.25) is 0 Å². The van der Waals surface area contributed by atoms with E-state index in [1.807, 2.05) is 13.1 Å². The molecule has 150 valence electrons. The Labute approximate surface area is 181 Å². The molecule has 5 heteroatoms. The number of likely N-dealkylation sites (tertiary alicyclic amines) is 1. The van der Waals surface area contributed by atoms with Crippen molar-refractivity contribution in [3.05, 3.63) is 48.0 Å². The molecular weight excluding hydrogens is 447 g/mol. The first kappa shape index (κ1) is 22.2. The Kier molecular flexibility index (Phi) is 8.61. The van der Waals surface area contributed by atoms with Gasteiger partial charge in [0.1, 0.15) is 0 Å². The third kappa shape index (κ3) is 6.21. The van der Waals surface area contributed by atoms with E-state index in [2.05, 4.69) is 65.2 Å². The number of nitrogens with zero attached hydrogens (tertiary/aromatic N) is 2. The number of benzene rings is 1. The van der Waals surface area contributed by atoms with Crippen molar-refractivity contribution < 1.29 is 0 Å². The normalized spacial score (nSPS) is 23.6. The lowest BCUT2D eigenvalue weighted by molar-refractivity contribution is 0.225. The van der Waals surface area contributed by atoms with Crippen LogP contribution in [0.3, 0.4) is 0 Å². The maximum atomic E-state index is 4.45. The lowest BCUT2D eigenvalue weighted by atomic mass is 10.0. The minimum absolute atomic E-state index is 0. The summed E-state index contributed by atoms with van der Waals surface area (Å²) < 4.78 is 0. The highest BCUT2D eigenvalue weighted by Crippen LogP contribution is 2.41. The van der Waals surface area contributed by atoms with Gasteiger partial charge in [-0.05, 0) is 36.3 Å². The summed E-state index contributed by atoms with van der Waals surface area (Å²) in [6.07, 6.45) is 5.52. The molecule has 1 aliphatic heterocycles. The average molecular weight is 482 g/mol. The molecule has 0 amide bonds. The zero-order valence-corrected chi connectivity index (χ0v) is 19.3. The van der Waals surface area contributed by atoms with Gasteiger partial charge in [0.05, 0.1) is 0 Å². The molecule has 2 atom stereocenters. The van der Waals surface area contributed by atoms with E-state index < -0.39 is 0 Å². The fourth-order valence-electron chi connectivity index (χ4n) is 3.83. The molecule has 3 rings (SSSR count). The van der Waals surface area contributed by atoms with E-state index in [4.69, 9.17) is 0 Å². The zero-order valence-electron chi connectivity index (χ0n) is 16.9. The predicted molar refractivity (Wildman–Crippen MR) is 126 cm³/mol. The monoisotopic (exact) mass is 482 g/mol. The summed E-state index contributed by atoms with van der Waals surface area (Å²) >= 11 is 0. The average Bonchev–Trinajstić information content (AvgIpc) is 3.42. The van der Waals surface area contributed by atoms with Crippen molar-refractivity contribution in [2.24, 2.45) is 4.99 Å². The van der Waals surface area contributed by atoms with Crippen LogP contribution in [0.4, 0.5) is 0 Å². The van der Waals surface area contributed by atoms with Crippen LogP contribution >= 0.6 is 24.0 Å². The summed E-state index contributed by atoms with van der Waals surface area (Å²) in [5.41, 5.74) is 2.86. The quantitative estimate of drug-likeness (QED) is 0.278. The van der Waals surface area contributed by atoms with Crippen molar-refractivity contribution in [2.75, 3.05) is 26.7 Å². The van der Waals surface area contributed by atoms with Gasteiger partial charge in [-0.3, -0.25) is 9.89 Å². The predicted octanol–water partition coefficient (Wildman–Crippen LogP) is 4.10. The van der Waals surface area contributed by atoms with Crippen LogP contribution in [0.1, 0.15) is 56.1 Å². The second-order valence-corrected chi connectivity index (χ2v) is 7.99. The molecule has 0 radical (unpaired) electrons. The van der Waals surface area contributed by atoms with Crippen molar-refractivity contribution >= 4 is 29.9 Å². The molecular formula is C22H35IN4. The van der Waals surface area contributed by atoms with E-state index in [0.717, 1.165) is 25.6 Å². The summed E-state index contributed by atoms with van der Waals surface area (Å²) in [5.74, 6) is 2.17. The van der Waals surface area contributed by atoms with Gasteiger partial charge in [0.25, 0.3) is 0 Å². The molecule has 1 aromatic carbocycles. The van der Waals surface area contributed by atoms with Crippen molar-refractivity contribution in [3.63, 3.8) is 0 Å². The number of piperidine rings is 1. The number of halogens is 1. The van der Waals surface area contributed by atoms with Crippen LogP contribution in [0.15, 0.2) is 41.9 Å². The number of aliphatic imine (C=N–C) groups is 1. The molecule has 1 heterocycles. The maximum absolute atomic E-state index is 4.45. The van der Waals surface area contributed by atoms with Gasteiger partial charge in [0.15, 0.2) is 5.96 Å². The lowest BCUT2D eigenvalue weighted by Crippen LogP contribution is -2.49. The molecule has 27 heavy (non-hydrogen) atoms. The number of hydrogen-bond donors (Lipinski definition) is 2. The van der Waals surface area contributed by atoms with E-state index in [1.165, 1.54) is 30.4 Å². The molecule has 1 saturated carbocycles. The maximum Gasteiger partial charge on any atom is 0.191 e. The van der Waals surface area contributed by atoms with Crippen molar-refractivity contribution in [1.29, 1.82) is 0 Å². The minimum atomic E-state index is 0. The van der Waals surface area contributed by atoms with Crippen molar-refractivity contribution in [2.45, 2.75) is 57.0 Å². The Hall–Kier alpha value is -1.08. The van der Waals surface area contributed by atoms with Crippen LogP contribution in [-0.2, 0) is 0 Å². The number of rotatable bonds is 6. The second kappa shape index (κ2) is 10.5. The number of nitrogens with one attached hydrogen (secondary N) is 2. The van der Waals surface area contributed by atoms with Crippen molar-refractivity contribution in [1.82, 2.24) is 15.5 Å². The molecule has 0 spiro atoms. The summed E-state index contributed by atoms with van der Waals surface area (Å²) in [6.45, 7) is 11.6. The zero-order chi connectivity index (χ0) is 18.5. The highest BCUT2D eigenvalue weighted by atomic mass is 127. The minimum Gasteiger partial charge on any atom is -0.354 e. The lowest BCUT2D eigenvalue weighted by Gasteiger charge is -2.32. The van der Waals surface area contributed by atoms with Crippen molar-refractivity contribution in [3.8, 4) is 0 Å². The van der Waals surface area contributed by atoms with E-state index in [0.29, 0.717) is 23.9 Å². The van der Waals surface area contributed by atoms with E-state index in [1.54, 1.807) is 0 Å². The van der Waals surface area contributed by atoms with Gasteiger partial charge in [-0.25, -0.2) is 0 Å². The van der Waals surface area contributed by atoms with Gasteiger partial charge in [0, 0.05) is 44.7 Å². The van der Waals surface area contributed by atoms with E-state index >= 15 is 0 Å². The van der Waals surface area contributed by atoms with Crippen LogP contribution in [0.25, 0.3) is 0 Å². The first-order valence-electron chi connectivity index (χ1n) is 10.0. The molecule has 0 aromatic heterocycles. The standard InChI is InChI=1S/C22H34N4.HI/c1-5-12-26-13-10-19(11-14-26)24-22(23-4)25-21-15-20(21)18-8-6-17(7-9-18)16(2)3;/h5-9,16,19-21H,1,10-15H2,2-4H3,(H2,23,24,25);1H. The Bertz CT molecular complexity index is 618. The Morgan fingerprint density at radius 1 is 1.22 bits per heavy atom. The molecule has 2 aliphatic rings. The largest absolute Gasteiger partial charge is 0.354 e.